The van der Waals surface area contributed by atoms with Crippen molar-refractivity contribution in [3.05, 3.63) is 37.7 Å². The van der Waals surface area contributed by atoms with Gasteiger partial charge in [-0.2, -0.15) is 0 Å². The Bertz CT molecular complexity index is 566. The van der Waals surface area contributed by atoms with E-state index in [0.29, 0.717) is 5.56 Å². The van der Waals surface area contributed by atoms with Crippen LogP contribution >= 0.6 is 23.2 Å². The molecule has 0 unspecified atom stereocenters. The molecular formula is C8H7Cl2N3O2S. The van der Waals surface area contributed by atoms with E-state index < -0.39 is 10.0 Å². The fourth-order valence-electron chi connectivity index (χ4n) is 1.21. The molecule has 0 bridgehead atoms. The third kappa shape index (κ3) is 2.25. The van der Waals surface area contributed by atoms with E-state index in [4.69, 9.17) is 28.7 Å². The van der Waals surface area contributed by atoms with Crippen LogP contribution in [0.4, 0.5) is 0 Å². The first-order valence-corrected chi connectivity index (χ1v) is 6.27. The topological polar surface area (TPSA) is 82.9 Å². The van der Waals surface area contributed by atoms with Gasteiger partial charge in [0.05, 0.1) is 9.92 Å². The van der Waals surface area contributed by atoms with Gasteiger partial charge in [-0.15, -0.1) is 0 Å². The van der Waals surface area contributed by atoms with Crippen LogP contribution < -0.4 is 0 Å². The molecule has 0 aromatic heterocycles. The second-order valence-electron chi connectivity index (χ2n) is 3.09. The predicted octanol–water partition coefficient (Wildman–Crippen LogP) is 3.61. The van der Waals surface area contributed by atoms with Crippen molar-refractivity contribution in [3.8, 4) is 0 Å². The fraction of sp³-hybridized carbons (Fsp3) is 0.250. The molecule has 16 heavy (non-hydrogen) atoms. The van der Waals surface area contributed by atoms with E-state index in [2.05, 4.69) is 9.43 Å². The lowest BCUT2D eigenvalue weighted by molar-refractivity contribution is 0.597. The zero-order valence-electron chi connectivity index (χ0n) is 8.40. The molecule has 5 nitrogen and oxygen atoms in total. The van der Waals surface area contributed by atoms with Crippen molar-refractivity contribution in [1.82, 2.24) is 0 Å². The van der Waals surface area contributed by atoms with Crippen LogP contribution in [0, 0.1) is 13.8 Å². The highest BCUT2D eigenvalue weighted by Crippen LogP contribution is 2.34. The average molecular weight is 280 g/mol. The Morgan fingerprint density at radius 2 is 1.94 bits per heavy atom. The third-order valence-corrected chi connectivity index (χ3v) is 4.30. The number of benzene rings is 1. The Kier molecular flexibility index (Phi) is 3.70. The number of azide groups is 1. The molecule has 1 rings (SSSR count). The number of nitrogens with zero attached hydrogens (tertiary/aromatic N) is 3. The van der Waals surface area contributed by atoms with Gasteiger partial charge in [0, 0.05) is 14.5 Å². The number of halogens is 2. The van der Waals surface area contributed by atoms with Crippen LogP contribution in [0.5, 0.6) is 0 Å². The molecule has 0 aliphatic heterocycles. The molecule has 0 amide bonds. The summed E-state index contributed by atoms with van der Waals surface area (Å²) in [6.07, 6.45) is 0. The molecule has 86 valence electrons. The Morgan fingerprint density at radius 3 is 2.44 bits per heavy atom. The van der Waals surface area contributed by atoms with E-state index in [1.165, 1.54) is 6.92 Å². The summed E-state index contributed by atoms with van der Waals surface area (Å²) < 4.78 is 26.0. The van der Waals surface area contributed by atoms with E-state index in [1.54, 1.807) is 13.0 Å². The second kappa shape index (κ2) is 4.51. The van der Waals surface area contributed by atoms with Crippen LogP contribution in [0.2, 0.25) is 10.0 Å². The summed E-state index contributed by atoms with van der Waals surface area (Å²) in [7, 11) is -4.12. The molecule has 0 aliphatic rings. The lowest BCUT2D eigenvalue weighted by atomic mass is 10.2. The SMILES string of the molecule is Cc1cc(Cl)c(C)c(S(=O)(=O)N=[N+]=[N-])c1Cl. The van der Waals surface area contributed by atoms with Crippen molar-refractivity contribution < 1.29 is 8.42 Å². The second-order valence-corrected chi connectivity index (χ2v) is 5.40. The van der Waals surface area contributed by atoms with Gasteiger partial charge in [-0.25, -0.2) is 8.42 Å². The maximum atomic E-state index is 11.6. The summed E-state index contributed by atoms with van der Waals surface area (Å²) in [5.74, 6) is 0. The van der Waals surface area contributed by atoms with Crippen LogP contribution in [0.1, 0.15) is 11.1 Å². The smallest absolute Gasteiger partial charge is 0.216 e. The number of hydrogen-bond acceptors (Lipinski definition) is 2. The van der Waals surface area contributed by atoms with Gasteiger partial charge in [-0.05, 0) is 36.6 Å². The quantitative estimate of drug-likeness (QED) is 0.471. The minimum Gasteiger partial charge on any atom is -0.216 e. The summed E-state index contributed by atoms with van der Waals surface area (Å²) in [6, 6.07) is 1.55. The molecule has 0 saturated heterocycles. The minimum absolute atomic E-state index is 0.0225. The molecule has 0 atom stereocenters. The Balaban J connectivity index is 3.76. The number of hydrogen-bond donors (Lipinski definition) is 0. The molecule has 0 fully saturated rings. The van der Waals surface area contributed by atoms with E-state index in [0.717, 1.165) is 0 Å². The first kappa shape index (κ1) is 13.1. The molecule has 0 N–H and O–H groups in total. The van der Waals surface area contributed by atoms with Gasteiger partial charge < -0.3 is 0 Å². The molecule has 0 radical (unpaired) electrons. The van der Waals surface area contributed by atoms with Gasteiger partial charge in [-0.1, -0.05) is 23.2 Å². The van der Waals surface area contributed by atoms with Crippen molar-refractivity contribution in [1.29, 1.82) is 0 Å². The Labute approximate surface area is 103 Å². The molecule has 0 aliphatic carbocycles. The Hall–Kier alpha value is -0.940. The van der Waals surface area contributed by atoms with E-state index >= 15 is 0 Å². The van der Waals surface area contributed by atoms with Crippen LogP contribution in [-0.4, -0.2) is 8.42 Å². The van der Waals surface area contributed by atoms with E-state index in [-0.39, 0.29) is 20.5 Å². The minimum atomic E-state index is -4.12. The van der Waals surface area contributed by atoms with Gasteiger partial charge in [-0.3, -0.25) is 0 Å². The largest absolute Gasteiger partial charge is 0.266 e. The molecule has 1 aromatic rings. The van der Waals surface area contributed by atoms with Gasteiger partial charge >= 0.3 is 0 Å². The lowest BCUT2D eigenvalue weighted by Gasteiger charge is -2.09. The zero-order chi connectivity index (χ0) is 12.5. The van der Waals surface area contributed by atoms with Gasteiger partial charge in [0.25, 0.3) is 10.0 Å². The molecule has 1 aromatic carbocycles. The average Bonchev–Trinajstić information content (AvgIpc) is 2.14. The summed E-state index contributed by atoms with van der Waals surface area (Å²) in [5.41, 5.74) is 8.96. The summed E-state index contributed by atoms with van der Waals surface area (Å²) in [5, 5.41) is 0.280. The normalized spacial score (nSPS) is 11.0. The number of sulfonamides is 1. The highest BCUT2D eigenvalue weighted by molar-refractivity contribution is 7.90. The van der Waals surface area contributed by atoms with Gasteiger partial charge in [0.15, 0.2) is 0 Å². The van der Waals surface area contributed by atoms with Crippen molar-refractivity contribution in [2.24, 2.45) is 4.52 Å². The van der Waals surface area contributed by atoms with E-state index in [1.807, 2.05) is 0 Å². The van der Waals surface area contributed by atoms with Crippen LogP contribution in [0.25, 0.3) is 10.4 Å². The first-order valence-electron chi connectivity index (χ1n) is 4.08. The van der Waals surface area contributed by atoms with Gasteiger partial charge in [0.2, 0.25) is 0 Å². The van der Waals surface area contributed by atoms with Gasteiger partial charge in [0.1, 0.15) is 0 Å². The fourth-order valence-corrected chi connectivity index (χ4v) is 3.07. The first-order chi connectivity index (χ1) is 7.31. The van der Waals surface area contributed by atoms with Crippen molar-refractivity contribution in [2.75, 3.05) is 0 Å². The summed E-state index contributed by atoms with van der Waals surface area (Å²) in [6.45, 7) is 3.11. The van der Waals surface area contributed by atoms with Crippen molar-refractivity contribution >= 4 is 33.2 Å². The maximum Gasteiger partial charge on any atom is 0.266 e. The lowest BCUT2D eigenvalue weighted by Crippen LogP contribution is -2.01. The summed E-state index contributed by atoms with van der Waals surface area (Å²) >= 11 is 11.7. The van der Waals surface area contributed by atoms with Crippen LogP contribution in [0.15, 0.2) is 15.5 Å². The zero-order valence-corrected chi connectivity index (χ0v) is 10.7. The molecule has 0 heterocycles. The Morgan fingerprint density at radius 1 is 1.38 bits per heavy atom. The molecule has 0 saturated carbocycles. The number of rotatable bonds is 2. The maximum absolute atomic E-state index is 11.6. The van der Waals surface area contributed by atoms with Crippen LogP contribution in [0.3, 0.4) is 0 Å². The standard InChI is InChI=1S/C8H7Cl2N3O2S/c1-4-3-6(9)5(2)8(7(4)10)16(14,15)13-12-11/h3H,1-2H3. The van der Waals surface area contributed by atoms with Crippen molar-refractivity contribution in [3.63, 3.8) is 0 Å². The third-order valence-electron chi connectivity index (χ3n) is 1.99. The summed E-state index contributed by atoms with van der Waals surface area (Å²) in [4.78, 5) is 2.02. The van der Waals surface area contributed by atoms with Crippen LogP contribution in [-0.2, 0) is 10.0 Å². The van der Waals surface area contributed by atoms with E-state index in [9.17, 15) is 8.42 Å². The molecule has 0 spiro atoms. The highest BCUT2D eigenvalue weighted by atomic mass is 35.5. The molecular weight excluding hydrogens is 273 g/mol. The molecule has 8 heteroatoms. The van der Waals surface area contributed by atoms with Crippen molar-refractivity contribution in [2.45, 2.75) is 18.7 Å². The predicted molar refractivity (Wildman–Crippen MR) is 62.3 cm³/mol. The highest BCUT2D eigenvalue weighted by Gasteiger charge is 2.22. The monoisotopic (exact) mass is 279 g/mol. The number of aryl methyl sites for hydroxylation is 1.